The second kappa shape index (κ2) is 10.4. The summed E-state index contributed by atoms with van der Waals surface area (Å²) in [5.74, 6) is 1.52. The second-order valence-electron chi connectivity index (χ2n) is 7.84. The minimum atomic E-state index is -3.93. The molecule has 0 aliphatic heterocycles. The SMILES string of the molecule is COc1ccc(CCNc2oc(-c3ccc(Cl)cc3)nc2S(=O)(=O)c2ccc(C)cc2)cc1OC. The number of anilines is 1. The Bertz CT molecular complexity index is 1420. The summed E-state index contributed by atoms with van der Waals surface area (Å²) in [5.41, 5.74) is 2.55. The number of benzene rings is 3. The number of nitrogens with zero attached hydrogens (tertiary/aromatic N) is 1. The van der Waals surface area contributed by atoms with Crippen molar-refractivity contribution in [3.63, 3.8) is 0 Å². The van der Waals surface area contributed by atoms with E-state index in [2.05, 4.69) is 10.3 Å². The predicted octanol–water partition coefficient (Wildman–Crippen LogP) is 5.81. The third-order valence-corrected chi connectivity index (χ3v) is 7.35. The summed E-state index contributed by atoms with van der Waals surface area (Å²) < 4.78 is 43.4. The van der Waals surface area contributed by atoms with Crippen LogP contribution in [-0.2, 0) is 16.3 Å². The largest absolute Gasteiger partial charge is 0.493 e. The van der Waals surface area contributed by atoms with Crippen LogP contribution < -0.4 is 14.8 Å². The van der Waals surface area contributed by atoms with Gasteiger partial charge in [0, 0.05) is 17.1 Å². The first-order valence-electron chi connectivity index (χ1n) is 10.8. The van der Waals surface area contributed by atoms with E-state index in [9.17, 15) is 8.42 Å². The Balaban J connectivity index is 1.64. The molecule has 0 aliphatic carbocycles. The average molecular weight is 513 g/mol. The highest BCUT2D eigenvalue weighted by atomic mass is 35.5. The summed E-state index contributed by atoms with van der Waals surface area (Å²) >= 11 is 5.99. The molecule has 35 heavy (non-hydrogen) atoms. The molecule has 0 bridgehead atoms. The number of halogens is 1. The van der Waals surface area contributed by atoms with E-state index >= 15 is 0 Å². The lowest BCUT2D eigenvalue weighted by Crippen LogP contribution is -2.10. The van der Waals surface area contributed by atoms with Gasteiger partial charge < -0.3 is 19.2 Å². The number of methoxy groups -OCH3 is 2. The van der Waals surface area contributed by atoms with Crippen molar-refractivity contribution in [2.75, 3.05) is 26.1 Å². The number of hydrogen-bond acceptors (Lipinski definition) is 7. The van der Waals surface area contributed by atoms with E-state index in [0.717, 1.165) is 11.1 Å². The molecule has 0 aliphatic rings. The van der Waals surface area contributed by atoms with Gasteiger partial charge in [-0.25, -0.2) is 8.42 Å². The first-order chi connectivity index (χ1) is 16.8. The highest BCUT2D eigenvalue weighted by Gasteiger charge is 2.28. The summed E-state index contributed by atoms with van der Waals surface area (Å²) in [4.78, 5) is 4.50. The zero-order valence-electron chi connectivity index (χ0n) is 19.5. The van der Waals surface area contributed by atoms with Crippen LogP contribution >= 0.6 is 11.6 Å². The molecule has 4 aromatic rings. The molecule has 182 valence electrons. The van der Waals surface area contributed by atoms with E-state index in [1.165, 1.54) is 0 Å². The molecule has 0 radical (unpaired) electrons. The molecule has 0 amide bonds. The summed E-state index contributed by atoms with van der Waals surface area (Å²) in [7, 11) is -0.767. The van der Waals surface area contributed by atoms with E-state index in [1.807, 2.05) is 25.1 Å². The van der Waals surface area contributed by atoms with Gasteiger partial charge >= 0.3 is 0 Å². The lowest BCUT2D eigenvalue weighted by molar-refractivity contribution is 0.354. The lowest BCUT2D eigenvalue weighted by atomic mass is 10.1. The van der Waals surface area contributed by atoms with Crippen molar-refractivity contribution in [2.45, 2.75) is 23.3 Å². The van der Waals surface area contributed by atoms with Gasteiger partial charge in [0.25, 0.3) is 0 Å². The molecule has 1 N–H and O–H groups in total. The van der Waals surface area contributed by atoms with Crippen molar-refractivity contribution in [1.82, 2.24) is 4.98 Å². The van der Waals surface area contributed by atoms with Gasteiger partial charge in [-0.05, 0) is 67.4 Å². The topological polar surface area (TPSA) is 90.7 Å². The summed E-state index contributed by atoms with van der Waals surface area (Å²) in [6, 6.07) is 19.1. The fraction of sp³-hybridized carbons (Fsp3) is 0.192. The summed E-state index contributed by atoms with van der Waals surface area (Å²) in [5, 5.41) is 3.50. The number of nitrogens with one attached hydrogen (secondary N) is 1. The van der Waals surface area contributed by atoms with Gasteiger partial charge in [-0.15, -0.1) is 0 Å². The first kappa shape index (κ1) is 24.6. The lowest BCUT2D eigenvalue weighted by Gasteiger charge is -2.10. The molecule has 0 saturated carbocycles. The number of rotatable bonds is 9. The molecule has 3 aromatic carbocycles. The van der Waals surface area contributed by atoms with Gasteiger partial charge in [0.2, 0.25) is 26.6 Å². The van der Waals surface area contributed by atoms with Crippen molar-refractivity contribution in [1.29, 1.82) is 0 Å². The molecule has 9 heteroatoms. The van der Waals surface area contributed by atoms with E-state index in [1.54, 1.807) is 62.8 Å². The average Bonchev–Trinajstić information content (AvgIpc) is 3.29. The van der Waals surface area contributed by atoms with Crippen molar-refractivity contribution in [2.24, 2.45) is 0 Å². The van der Waals surface area contributed by atoms with Crippen molar-refractivity contribution < 1.29 is 22.3 Å². The number of sulfone groups is 1. The third kappa shape index (κ3) is 5.44. The number of ether oxygens (including phenoxy) is 2. The number of hydrogen-bond donors (Lipinski definition) is 1. The van der Waals surface area contributed by atoms with Crippen LogP contribution in [0.2, 0.25) is 5.02 Å². The highest BCUT2D eigenvalue weighted by molar-refractivity contribution is 7.91. The van der Waals surface area contributed by atoms with Crippen LogP contribution in [0.3, 0.4) is 0 Å². The molecule has 1 aromatic heterocycles. The van der Waals surface area contributed by atoms with Gasteiger partial charge in [-0.1, -0.05) is 35.4 Å². The Morgan fingerprint density at radius 3 is 2.29 bits per heavy atom. The maximum Gasteiger partial charge on any atom is 0.233 e. The Morgan fingerprint density at radius 2 is 1.63 bits per heavy atom. The normalized spacial score (nSPS) is 11.3. The Kier molecular flexibility index (Phi) is 7.33. The van der Waals surface area contributed by atoms with Gasteiger partial charge in [0.15, 0.2) is 11.5 Å². The summed E-state index contributed by atoms with van der Waals surface area (Å²) in [6.07, 6.45) is 0.585. The molecule has 7 nitrogen and oxygen atoms in total. The molecular weight excluding hydrogens is 488 g/mol. The Hall–Kier alpha value is -3.49. The molecule has 4 rings (SSSR count). The number of oxazole rings is 1. The van der Waals surface area contributed by atoms with Crippen LogP contribution in [0.25, 0.3) is 11.5 Å². The van der Waals surface area contributed by atoms with Crippen LogP contribution in [0, 0.1) is 6.92 Å². The molecule has 0 fully saturated rings. The second-order valence-corrected chi connectivity index (χ2v) is 10.1. The quantitative estimate of drug-likeness (QED) is 0.302. The van der Waals surface area contributed by atoms with Crippen LogP contribution in [0.1, 0.15) is 11.1 Å². The molecule has 0 spiro atoms. The zero-order chi connectivity index (χ0) is 25.0. The minimum absolute atomic E-state index is 0.0796. The highest BCUT2D eigenvalue weighted by Crippen LogP contribution is 2.33. The van der Waals surface area contributed by atoms with Crippen LogP contribution in [0.5, 0.6) is 11.5 Å². The van der Waals surface area contributed by atoms with Gasteiger partial charge in [0.05, 0.1) is 19.1 Å². The van der Waals surface area contributed by atoms with Crippen molar-refractivity contribution in [3.8, 4) is 23.0 Å². The number of aromatic nitrogens is 1. The molecule has 0 unspecified atom stereocenters. The van der Waals surface area contributed by atoms with E-state index < -0.39 is 9.84 Å². The van der Waals surface area contributed by atoms with E-state index in [0.29, 0.717) is 35.1 Å². The standard InChI is InChI=1S/C26H25ClN2O5S/c1-17-4-11-21(12-5-17)35(30,31)26-25(34-24(29-26)19-7-9-20(27)10-8-19)28-15-14-18-6-13-22(32-2)23(16-18)33-3/h4-13,16,28H,14-15H2,1-3H3. The predicted molar refractivity (Wildman–Crippen MR) is 135 cm³/mol. The fourth-order valence-corrected chi connectivity index (χ4v) is 4.91. The smallest absolute Gasteiger partial charge is 0.233 e. The van der Waals surface area contributed by atoms with Crippen LogP contribution in [0.15, 0.2) is 81.1 Å². The minimum Gasteiger partial charge on any atom is -0.493 e. The molecular formula is C26H25ClN2O5S. The van der Waals surface area contributed by atoms with E-state index in [4.69, 9.17) is 25.5 Å². The Labute approximate surface area is 209 Å². The molecule has 1 heterocycles. The van der Waals surface area contributed by atoms with Gasteiger partial charge in [0.1, 0.15) is 0 Å². The maximum atomic E-state index is 13.4. The zero-order valence-corrected chi connectivity index (χ0v) is 21.1. The third-order valence-electron chi connectivity index (χ3n) is 5.42. The Morgan fingerprint density at radius 1 is 0.943 bits per heavy atom. The van der Waals surface area contributed by atoms with Crippen molar-refractivity contribution in [3.05, 3.63) is 82.9 Å². The van der Waals surface area contributed by atoms with Crippen LogP contribution in [-0.4, -0.2) is 34.2 Å². The van der Waals surface area contributed by atoms with Gasteiger partial charge in [-0.2, -0.15) is 4.98 Å². The first-order valence-corrected chi connectivity index (χ1v) is 12.7. The molecule has 0 atom stereocenters. The van der Waals surface area contributed by atoms with E-state index in [-0.39, 0.29) is 21.7 Å². The van der Waals surface area contributed by atoms with Crippen molar-refractivity contribution >= 4 is 27.3 Å². The molecule has 0 saturated heterocycles. The number of aryl methyl sites for hydroxylation is 1. The summed E-state index contributed by atoms with van der Waals surface area (Å²) in [6.45, 7) is 2.30. The monoisotopic (exact) mass is 512 g/mol. The van der Waals surface area contributed by atoms with Gasteiger partial charge in [-0.3, -0.25) is 0 Å². The fourth-order valence-electron chi connectivity index (χ4n) is 3.50. The van der Waals surface area contributed by atoms with Crippen LogP contribution in [0.4, 0.5) is 5.88 Å². The maximum absolute atomic E-state index is 13.4.